The minimum Gasteiger partial charge on any atom is -0.462 e. The minimum atomic E-state index is -0.738. The Morgan fingerprint density at radius 2 is 2.20 bits per heavy atom. The van der Waals surface area contributed by atoms with Gasteiger partial charge in [-0.05, 0) is 41.3 Å². The van der Waals surface area contributed by atoms with E-state index in [-0.39, 0.29) is 39.9 Å². The second kappa shape index (κ2) is 8.44. The fraction of sp³-hybridized carbons (Fsp3) is 0.158. The number of rotatable bonds is 6. The van der Waals surface area contributed by atoms with Gasteiger partial charge in [-0.15, -0.1) is 0 Å². The Morgan fingerprint density at radius 1 is 1.37 bits per heavy atom. The van der Waals surface area contributed by atoms with E-state index in [0.717, 1.165) is 12.1 Å². The van der Waals surface area contributed by atoms with Gasteiger partial charge in [-0.25, -0.2) is 14.3 Å². The SMILES string of the molecule is C=C1OC[C@H](CONC(=O)c2oc3ccncc3c2Nc2cc(F)c(I)cc2F)O1. The van der Waals surface area contributed by atoms with Crippen LogP contribution >= 0.6 is 22.6 Å². The highest BCUT2D eigenvalue weighted by Gasteiger charge is 2.25. The van der Waals surface area contributed by atoms with Gasteiger partial charge in [0, 0.05) is 18.5 Å². The molecule has 30 heavy (non-hydrogen) atoms. The molecule has 156 valence electrons. The van der Waals surface area contributed by atoms with Gasteiger partial charge in [0.05, 0.1) is 14.6 Å². The molecule has 1 aromatic carbocycles. The van der Waals surface area contributed by atoms with E-state index < -0.39 is 23.6 Å². The summed E-state index contributed by atoms with van der Waals surface area (Å²) in [5.74, 6) is -2.06. The summed E-state index contributed by atoms with van der Waals surface area (Å²) in [7, 11) is 0. The number of nitrogens with zero attached hydrogens (tertiary/aromatic N) is 1. The average Bonchev–Trinajstić information content (AvgIpc) is 3.29. The molecule has 1 saturated heterocycles. The molecule has 4 rings (SSSR count). The summed E-state index contributed by atoms with van der Waals surface area (Å²) in [6, 6.07) is 3.58. The monoisotopic (exact) mass is 529 g/mol. The molecule has 0 bridgehead atoms. The molecule has 0 radical (unpaired) electrons. The molecule has 2 aromatic heterocycles. The first-order valence-electron chi connectivity index (χ1n) is 8.61. The van der Waals surface area contributed by atoms with Gasteiger partial charge in [-0.3, -0.25) is 14.6 Å². The van der Waals surface area contributed by atoms with Crippen LogP contribution in [-0.4, -0.2) is 30.2 Å². The first kappa shape index (κ1) is 20.3. The van der Waals surface area contributed by atoms with Crippen LogP contribution in [0.4, 0.5) is 20.2 Å². The van der Waals surface area contributed by atoms with Gasteiger partial charge in [-0.2, -0.15) is 0 Å². The summed E-state index contributed by atoms with van der Waals surface area (Å²) in [5.41, 5.74) is 2.52. The number of aromatic nitrogens is 1. The van der Waals surface area contributed by atoms with Crippen LogP contribution in [0.2, 0.25) is 0 Å². The van der Waals surface area contributed by atoms with Gasteiger partial charge < -0.3 is 19.2 Å². The lowest BCUT2D eigenvalue weighted by Crippen LogP contribution is -2.29. The number of benzene rings is 1. The minimum absolute atomic E-state index is 0.00622. The summed E-state index contributed by atoms with van der Waals surface area (Å²) < 4.78 is 44.2. The molecular weight excluding hydrogens is 515 g/mol. The fourth-order valence-electron chi connectivity index (χ4n) is 2.75. The maximum absolute atomic E-state index is 14.3. The van der Waals surface area contributed by atoms with Crippen molar-refractivity contribution in [3.05, 3.63) is 64.1 Å². The molecule has 8 nitrogen and oxygen atoms in total. The number of ether oxygens (including phenoxy) is 2. The van der Waals surface area contributed by atoms with Gasteiger partial charge in [-0.1, -0.05) is 0 Å². The van der Waals surface area contributed by atoms with Crippen LogP contribution in [-0.2, 0) is 14.3 Å². The number of hydroxylamine groups is 1. The molecule has 0 spiro atoms. The van der Waals surface area contributed by atoms with E-state index in [0.29, 0.717) is 11.0 Å². The lowest BCUT2D eigenvalue weighted by atomic mass is 10.2. The van der Waals surface area contributed by atoms with Crippen molar-refractivity contribution in [3.63, 3.8) is 0 Å². The highest BCUT2D eigenvalue weighted by atomic mass is 127. The number of amides is 1. The highest BCUT2D eigenvalue weighted by molar-refractivity contribution is 14.1. The molecule has 0 unspecified atom stereocenters. The summed E-state index contributed by atoms with van der Waals surface area (Å²) >= 11 is 1.68. The van der Waals surface area contributed by atoms with Gasteiger partial charge in [0.25, 0.3) is 5.95 Å². The molecule has 0 saturated carbocycles. The maximum Gasteiger partial charge on any atom is 0.312 e. The zero-order chi connectivity index (χ0) is 21.3. The number of halogens is 3. The number of carbonyl (C=O) groups excluding carboxylic acids is 1. The number of hydrogen-bond acceptors (Lipinski definition) is 7. The third kappa shape index (κ3) is 4.16. The molecule has 11 heteroatoms. The van der Waals surface area contributed by atoms with Crippen molar-refractivity contribution in [1.82, 2.24) is 10.5 Å². The number of anilines is 2. The fourth-order valence-corrected chi connectivity index (χ4v) is 3.18. The van der Waals surface area contributed by atoms with Crippen LogP contribution in [0.5, 0.6) is 0 Å². The predicted octanol–water partition coefficient (Wildman–Crippen LogP) is 4.00. The lowest BCUT2D eigenvalue weighted by Gasteiger charge is -2.11. The Hall–Kier alpha value is -2.93. The second-order valence-electron chi connectivity index (χ2n) is 6.21. The van der Waals surface area contributed by atoms with Crippen LogP contribution < -0.4 is 10.8 Å². The zero-order valence-corrected chi connectivity index (χ0v) is 17.4. The highest BCUT2D eigenvalue weighted by Crippen LogP contribution is 2.34. The molecular formula is C19H14F2IN3O5. The third-order valence-electron chi connectivity index (χ3n) is 4.13. The van der Waals surface area contributed by atoms with Gasteiger partial charge in [0.15, 0.2) is 6.10 Å². The quantitative estimate of drug-likeness (QED) is 0.283. The maximum atomic E-state index is 14.3. The van der Waals surface area contributed by atoms with Crippen LogP contribution in [0, 0.1) is 15.2 Å². The van der Waals surface area contributed by atoms with Crippen molar-refractivity contribution < 1.29 is 32.3 Å². The first-order valence-corrected chi connectivity index (χ1v) is 9.69. The number of carbonyl (C=O) groups is 1. The normalized spacial score (nSPS) is 15.7. The third-order valence-corrected chi connectivity index (χ3v) is 4.95. The smallest absolute Gasteiger partial charge is 0.312 e. The van der Waals surface area contributed by atoms with E-state index in [1.54, 1.807) is 28.7 Å². The zero-order valence-electron chi connectivity index (χ0n) is 15.2. The summed E-state index contributed by atoms with van der Waals surface area (Å²) in [6.45, 7) is 3.77. The molecule has 3 aromatic rings. The predicted molar refractivity (Wildman–Crippen MR) is 110 cm³/mol. The summed E-state index contributed by atoms with van der Waals surface area (Å²) in [4.78, 5) is 21.8. The number of nitrogens with one attached hydrogen (secondary N) is 2. The number of hydrogen-bond donors (Lipinski definition) is 2. The van der Waals surface area contributed by atoms with E-state index >= 15 is 0 Å². The first-order chi connectivity index (χ1) is 14.4. The van der Waals surface area contributed by atoms with E-state index in [4.69, 9.17) is 18.7 Å². The van der Waals surface area contributed by atoms with Crippen LogP contribution in [0.15, 0.2) is 47.5 Å². The molecule has 2 N–H and O–H groups in total. The molecule has 1 aliphatic rings. The molecule has 1 atom stereocenters. The van der Waals surface area contributed by atoms with Crippen LogP contribution in [0.3, 0.4) is 0 Å². The largest absolute Gasteiger partial charge is 0.462 e. The van der Waals surface area contributed by atoms with Crippen molar-refractivity contribution in [2.75, 3.05) is 18.5 Å². The van der Waals surface area contributed by atoms with Crippen molar-refractivity contribution in [1.29, 1.82) is 0 Å². The van der Waals surface area contributed by atoms with Gasteiger partial charge >= 0.3 is 5.91 Å². The second-order valence-corrected chi connectivity index (χ2v) is 7.38. The lowest BCUT2D eigenvalue weighted by molar-refractivity contribution is -0.00931. The number of pyridine rings is 1. The van der Waals surface area contributed by atoms with Gasteiger partial charge in [0.2, 0.25) is 5.76 Å². The van der Waals surface area contributed by atoms with Gasteiger partial charge in [0.1, 0.15) is 36.1 Å². The number of furan rings is 1. The summed E-state index contributed by atoms with van der Waals surface area (Å²) in [5, 5.41) is 3.13. The van der Waals surface area contributed by atoms with E-state index in [1.165, 1.54) is 12.4 Å². The van der Waals surface area contributed by atoms with Crippen LogP contribution in [0.25, 0.3) is 11.0 Å². The molecule has 3 heterocycles. The standard InChI is InChI=1S/C19H14F2IN3O5/c1-9-27-7-10(29-9)8-28-25-19(26)18-17(11-6-23-3-2-16(11)30-18)24-15-5-12(20)14(22)4-13(15)21/h2-6,10,24H,1,7-8H2,(H,25,26)/t10-/m1/s1. The van der Waals surface area contributed by atoms with Crippen molar-refractivity contribution in [2.45, 2.75) is 6.10 Å². The average molecular weight is 529 g/mol. The van der Waals surface area contributed by atoms with Crippen molar-refractivity contribution in [2.24, 2.45) is 0 Å². The van der Waals surface area contributed by atoms with E-state index in [1.807, 2.05) is 0 Å². The van der Waals surface area contributed by atoms with E-state index in [9.17, 15) is 13.6 Å². The Morgan fingerprint density at radius 3 is 2.97 bits per heavy atom. The Kier molecular flexibility index (Phi) is 5.72. The molecule has 1 aliphatic heterocycles. The Labute approximate surface area is 182 Å². The Balaban J connectivity index is 1.58. The summed E-state index contributed by atoms with van der Waals surface area (Å²) in [6.07, 6.45) is 2.50. The topological polar surface area (TPSA) is 94.9 Å². The van der Waals surface area contributed by atoms with Crippen molar-refractivity contribution >= 4 is 50.8 Å². The molecule has 1 amide bonds. The van der Waals surface area contributed by atoms with Crippen LogP contribution in [0.1, 0.15) is 10.6 Å². The van der Waals surface area contributed by atoms with Crippen molar-refractivity contribution in [3.8, 4) is 0 Å². The Bertz CT molecular complexity index is 1140. The molecule has 0 aliphatic carbocycles. The number of fused-ring (bicyclic) bond motifs is 1. The van der Waals surface area contributed by atoms with E-state index in [2.05, 4.69) is 22.4 Å². The molecule has 1 fully saturated rings.